The monoisotopic (exact) mass is 340 g/mol. The van der Waals surface area contributed by atoms with Crippen molar-refractivity contribution >= 4 is 11.7 Å². The molecule has 0 saturated carbocycles. The molecule has 7 nitrogen and oxygen atoms in total. The highest BCUT2D eigenvalue weighted by Gasteiger charge is 2.32. The smallest absolute Gasteiger partial charge is 0.227 e. The van der Waals surface area contributed by atoms with Crippen LogP contribution in [0.4, 0.5) is 5.82 Å². The quantitative estimate of drug-likeness (QED) is 0.847. The number of fused-ring (bicyclic) bond motifs is 1. The molecule has 1 atom stereocenters. The van der Waals surface area contributed by atoms with Crippen molar-refractivity contribution in [3.63, 3.8) is 0 Å². The van der Waals surface area contributed by atoms with Gasteiger partial charge in [-0.2, -0.15) is 0 Å². The highest BCUT2D eigenvalue weighted by Crippen LogP contribution is 2.24. The van der Waals surface area contributed by atoms with Crippen molar-refractivity contribution in [1.29, 1.82) is 0 Å². The molecule has 7 heteroatoms. The zero-order chi connectivity index (χ0) is 17.2. The Bertz CT molecular complexity index is 743. The lowest BCUT2D eigenvalue weighted by Gasteiger charge is -2.36. The molecular weight excluding hydrogens is 316 g/mol. The average Bonchev–Trinajstić information content (AvgIpc) is 3.10. The fraction of sp³-hybridized carbons (Fsp3) is 0.556. The van der Waals surface area contributed by atoms with E-state index in [9.17, 15) is 4.79 Å². The van der Waals surface area contributed by atoms with Crippen molar-refractivity contribution in [3.8, 4) is 0 Å². The molecule has 0 radical (unpaired) electrons. The van der Waals surface area contributed by atoms with Crippen molar-refractivity contribution in [1.82, 2.24) is 24.6 Å². The van der Waals surface area contributed by atoms with Crippen LogP contribution in [0.15, 0.2) is 24.4 Å². The molecule has 2 aromatic rings. The van der Waals surface area contributed by atoms with Crippen LogP contribution < -0.4 is 4.90 Å². The van der Waals surface area contributed by atoms with Crippen LogP contribution in [0.1, 0.15) is 31.4 Å². The summed E-state index contributed by atoms with van der Waals surface area (Å²) in [7, 11) is 0. The van der Waals surface area contributed by atoms with E-state index in [0.717, 1.165) is 62.9 Å². The molecule has 4 heterocycles. The molecule has 0 spiro atoms. The van der Waals surface area contributed by atoms with E-state index in [1.54, 1.807) is 0 Å². The number of aryl methyl sites for hydroxylation is 1. The molecular formula is C18H24N6O. The minimum Gasteiger partial charge on any atom is -0.356 e. The standard InChI is InChI=1S/C18H24N6O/c1-2-15-20-21-17-13-23(10-11-24(15)17)18(25)14-6-5-9-22(12-14)16-7-3-4-8-19-16/h3-4,7-8,14H,2,5-6,9-13H2,1H3. The van der Waals surface area contributed by atoms with E-state index in [1.807, 2.05) is 29.3 Å². The van der Waals surface area contributed by atoms with Gasteiger partial charge in [0.2, 0.25) is 5.91 Å². The zero-order valence-corrected chi connectivity index (χ0v) is 14.6. The van der Waals surface area contributed by atoms with Gasteiger partial charge in [-0.15, -0.1) is 10.2 Å². The van der Waals surface area contributed by atoms with Crippen LogP contribution in [0.2, 0.25) is 0 Å². The number of carbonyl (C=O) groups is 1. The normalized spacial score (nSPS) is 20.4. The van der Waals surface area contributed by atoms with Crippen LogP contribution in [-0.2, 0) is 24.3 Å². The molecule has 2 aliphatic heterocycles. The molecule has 1 saturated heterocycles. The van der Waals surface area contributed by atoms with Gasteiger partial charge < -0.3 is 14.4 Å². The van der Waals surface area contributed by atoms with Crippen LogP contribution in [0.25, 0.3) is 0 Å². The van der Waals surface area contributed by atoms with Gasteiger partial charge >= 0.3 is 0 Å². The predicted octanol–water partition coefficient (Wildman–Crippen LogP) is 1.49. The van der Waals surface area contributed by atoms with Gasteiger partial charge in [0, 0.05) is 38.8 Å². The Morgan fingerprint density at radius 2 is 2.16 bits per heavy atom. The minimum atomic E-state index is 0.0378. The fourth-order valence-electron chi connectivity index (χ4n) is 3.85. The van der Waals surface area contributed by atoms with Crippen molar-refractivity contribution in [2.75, 3.05) is 24.5 Å². The summed E-state index contributed by atoms with van der Waals surface area (Å²) >= 11 is 0. The summed E-state index contributed by atoms with van der Waals surface area (Å²) in [6.45, 7) is 5.92. The first-order valence-corrected chi connectivity index (χ1v) is 9.12. The second-order valence-electron chi connectivity index (χ2n) is 6.77. The lowest BCUT2D eigenvalue weighted by molar-refractivity contribution is -0.137. The lowest BCUT2D eigenvalue weighted by atomic mass is 9.96. The minimum absolute atomic E-state index is 0.0378. The van der Waals surface area contributed by atoms with E-state index in [-0.39, 0.29) is 11.8 Å². The third-order valence-electron chi connectivity index (χ3n) is 5.20. The molecule has 0 aromatic carbocycles. The van der Waals surface area contributed by atoms with Crippen LogP contribution in [0.3, 0.4) is 0 Å². The Balaban J connectivity index is 1.44. The summed E-state index contributed by atoms with van der Waals surface area (Å²) in [5.41, 5.74) is 0. The fourth-order valence-corrected chi connectivity index (χ4v) is 3.85. The van der Waals surface area contributed by atoms with Crippen LogP contribution in [0, 0.1) is 5.92 Å². The number of hydrogen-bond donors (Lipinski definition) is 0. The molecule has 0 N–H and O–H groups in total. The summed E-state index contributed by atoms with van der Waals surface area (Å²) < 4.78 is 2.16. The number of carbonyl (C=O) groups excluding carboxylic acids is 1. The first kappa shape index (κ1) is 16.1. The van der Waals surface area contributed by atoms with Crippen LogP contribution in [0.5, 0.6) is 0 Å². The SMILES string of the molecule is CCc1nnc2n1CCN(C(=O)C1CCCN(c3ccccn3)C1)C2. The van der Waals surface area contributed by atoms with Gasteiger partial charge in [0.1, 0.15) is 11.6 Å². The van der Waals surface area contributed by atoms with E-state index in [1.165, 1.54) is 0 Å². The van der Waals surface area contributed by atoms with Crippen molar-refractivity contribution < 1.29 is 4.79 Å². The second-order valence-corrected chi connectivity index (χ2v) is 6.77. The predicted molar refractivity (Wildman–Crippen MR) is 94.0 cm³/mol. The summed E-state index contributed by atoms with van der Waals surface area (Å²) in [6.07, 6.45) is 4.66. The maximum Gasteiger partial charge on any atom is 0.227 e. The van der Waals surface area contributed by atoms with E-state index < -0.39 is 0 Å². The first-order valence-electron chi connectivity index (χ1n) is 9.12. The highest BCUT2D eigenvalue weighted by atomic mass is 16.2. The van der Waals surface area contributed by atoms with Crippen molar-refractivity contribution in [2.45, 2.75) is 39.3 Å². The number of aromatic nitrogens is 4. The zero-order valence-electron chi connectivity index (χ0n) is 14.6. The topological polar surface area (TPSA) is 67.2 Å². The van der Waals surface area contributed by atoms with E-state index >= 15 is 0 Å². The molecule has 2 aliphatic rings. The number of hydrogen-bond acceptors (Lipinski definition) is 5. The number of nitrogens with zero attached hydrogens (tertiary/aromatic N) is 6. The maximum absolute atomic E-state index is 13.0. The van der Waals surface area contributed by atoms with E-state index in [4.69, 9.17) is 0 Å². The number of piperidine rings is 1. The average molecular weight is 340 g/mol. The molecule has 4 rings (SSSR count). The second kappa shape index (κ2) is 6.82. The van der Waals surface area contributed by atoms with Crippen molar-refractivity contribution in [3.05, 3.63) is 36.0 Å². The Hall–Kier alpha value is -2.44. The third kappa shape index (κ3) is 3.10. The number of anilines is 1. The maximum atomic E-state index is 13.0. The summed E-state index contributed by atoms with van der Waals surface area (Å²) in [5, 5.41) is 8.50. The Kier molecular flexibility index (Phi) is 4.38. The Morgan fingerprint density at radius 3 is 2.96 bits per heavy atom. The van der Waals surface area contributed by atoms with Gasteiger partial charge in [0.15, 0.2) is 5.82 Å². The van der Waals surface area contributed by atoms with Gasteiger partial charge in [0.25, 0.3) is 0 Å². The van der Waals surface area contributed by atoms with Crippen molar-refractivity contribution in [2.24, 2.45) is 5.92 Å². The first-order chi connectivity index (χ1) is 12.3. The largest absolute Gasteiger partial charge is 0.356 e. The number of amides is 1. The van der Waals surface area contributed by atoms with Gasteiger partial charge in [-0.1, -0.05) is 13.0 Å². The highest BCUT2D eigenvalue weighted by molar-refractivity contribution is 5.79. The molecule has 0 bridgehead atoms. The van der Waals surface area contributed by atoms with E-state index in [0.29, 0.717) is 6.54 Å². The Labute approximate surface area is 147 Å². The van der Waals surface area contributed by atoms with Gasteiger partial charge in [0.05, 0.1) is 12.5 Å². The number of pyridine rings is 1. The third-order valence-corrected chi connectivity index (χ3v) is 5.20. The number of rotatable bonds is 3. The van der Waals surface area contributed by atoms with Gasteiger partial charge in [-0.05, 0) is 25.0 Å². The molecule has 1 amide bonds. The summed E-state index contributed by atoms with van der Waals surface area (Å²) in [4.78, 5) is 21.7. The van der Waals surface area contributed by atoms with Gasteiger partial charge in [-0.25, -0.2) is 4.98 Å². The summed E-state index contributed by atoms with van der Waals surface area (Å²) in [6, 6.07) is 5.93. The van der Waals surface area contributed by atoms with Gasteiger partial charge in [-0.3, -0.25) is 4.79 Å². The molecule has 132 valence electrons. The molecule has 25 heavy (non-hydrogen) atoms. The molecule has 1 fully saturated rings. The molecule has 0 aliphatic carbocycles. The van der Waals surface area contributed by atoms with E-state index in [2.05, 4.69) is 31.6 Å². The Morgan fingerprint density at radius 1 is 1.24 bits per heavy atom. The van der Waals surface area contributed by atoms with Crippen LogP contribution in [-0.4, -0.2) is 50.2 Å². The van der Waals surface area contributed by atoms with Crippen LogP contribution >= 0.6 is 0 Å². The molecule has 1 unspecified atom stereocenters. The summed E-state index contributed by atoms with van der Waals surface area (Å²) in [5.74, 6) is 3.17. The molecule has 2 aromatic heterocycles. The lowest BCUT2D eigenvalue weighted by Crippen LogP contribution is -2.47.